The summed E-state index contributed by atoms with van der Waals surface area (Å²) in [5, 5.41) is 3.48. The Labute approximate surface area is 263 Å². The molecule has 7 nitrogen and oxygen atoms in total. The summed E-state index contributed by atoms with van der Waals surface area (Å²) in [6.07, 6.45) is 2.23. The van der Waals surface area contributed by atoms with Crippen molar-refractivity contribution in [3.63, 3.8) is 0 Å². The van der Waals surface area contributed by atoms with Crippen molar-refractivity contribution in [2.45, 2.75) is 68.7 Å². The maximum atomic E-state index is 13.2. The highest BCUT2D eigenvalue weighted by Gasteiger charge is 2.25. The number of amides is 1. The van der Waals surface area contributed by atoms with Crippen LogP contribution in [-0.4, -0.2) is 76.0 Å². The van der Waals surface area contributed by atoms with Crippen LogP contribution in [0, 0.1) is 5.82 Å². The third-order valence-corrected chi connectivity index (χ3v) is 10.4. The largest absolute Gasteiger partial charge is 0.382 e. The summed E-state index contributed by atoms with van der Waals surface area (Å²) >= 11 is 0. The van der Waals surface area contributed by atoms with E-state index in [-0.39, 0.29) is 34.6 Å². The molecular weight excluding hydrogens is 575 g/mol. The van der Waals surface area contributed by atoms with Crippen LogP contribution in [-0.2, 0) is 20.0 Å². The van der Waals surface area contributed by atoms with Gasteiger partial charge in [0.25, 0.3) is 0 Å². The molecule has 238 valence electrons. The number of nitrogens with zero attached hydrogens (tertiary/aromatic N) is 3. The van der Waals surface area contributed by atoms with Gasteiger partial charge in [0.2, 0.25) is 15.7 Å². The van der Waals surface area contributed by atoms with Crippen molar-refractivity contribution in [2.24, 2.45) is 0 Å². The predicted octanol–water partition coefficient (Wildman–Crippen LogP) is 6.21. The fraction of sp³-hybridized carbons (Fsp3) is 0.457. The smallest absolute Gasteiger partial charge is 0.223 e. The Morgan fingerprint density at radius 3 is 1.91 bits per heavy atom. The molecule has 3 aromatic carbocycles. The highest BCUT2D eigenvalue weighted by atomic mass is 32.2. The van der Waals surface area contributed by atoms with Crippen molar-refractivity contribution in [1.82, 2.24) is 9.80 Å². The normalized spacial score (nSPS) is 16.8. The molecule has 2 fully saturated rings. The first-order chi connectivity index (χ1) is 20.5. The number of hydrogen-bond acceptors (Lipinski definition) is 6. The maximum Gasteiger partial charge on any atom is 0.223 e. The van der Waals surface area contributed by atoms with E-state index < -0.39 is 15.7 Å². The molecule has 2 heterocycles. The molecule has 9 heteroatoms. The Balaban J connectivity index is 0.00000442. The summed E-state index contributed by atoms with van der Waals surface area (Å²) in [6, 6.07) is 20.7. The van der Waals surface area contributed by atoms with Crippen LogP contribution in [0.5, 0.6) is 0 Å². The average Bonchev–Trinajstić information content (AvgIpc) is 3.01. The summed E-state index contributed by atoms with van der Waals surface area (Å²) in [6.45, 7) is 12.8. The summed E-state index contributed by atoms with van der Waals surface area (Å²) < 4.78 is 38.9. The molecule has 0 aromatic heterocycles. The van der Waals surface area contributed by atoms with E-state index in [9.17, 15) is 17.6 Å². The van der Waals surface area contributed by atoms with E-state index in [0.717, 1.165) is 63.4 Å². The second kappa shape index (κ2) is 14.1. The number of sulfone groups is 1. The second-order valence-electron chi connectivity index (χ2n) is 12.7. The van der Waals surface area contributed by atoms with Gasteiger partial charge in [0.15, 0.2) is 0 Å². The fourth-order valence-electron chi connectivity index (χ4n) is 5.80. The van der Waals surface area contributed by atoms with Gasteiger partial charge in [-0.1, -0.05) is 40.3 Å². The lowest BCUT2D eigenvalue weighted by Crippen LogP contribution is -2.48. The fourth-order valence-corrected chi connectivity index (χ4v) is 7.06. The van der Waals surface area contributed by atoms with Crippen LogP contribution in [0.15, 0.2) is 82.6 Å². The van der Waals surface area contributed by atoms with Gasteiger partial charge in [0.05, 0.1) is 9.79 Å². The van der Waals surface area contributed by atoms with Gasteiger partial charge in [-0.2, -0.15) is 0 Å². The van der Waals surface area contributed by atoms with E-state index in [2.05, 4.69) is 60.2 Å². The Hall–Kier alpha value is -3.43. The lowest BCUT2D eigenvalue weighted by molar-refractivity contribution is -0.132. The number of rotatable bonds is 8. The summed E-state index contributed by atoms with van der Waals surface area (Å²) in [5.41, 5.74) is 3.61. The van der Waals surface area contributed by atoms with Crippen LogP contribution in [0.3, 0.4) is 0 Å². The molecule has 0 bridgehead atoms. The average molecular weight is 623 g/mol. The van der Waals surface area contributed by atoms with E-state index in [1.165, 1.54) is 23.4 Å². The number of anilines is 2. The quantitative estimate of drug-likeness (QED) is 0.302. The lowest BCUT2D eigenvalue weighted by Gasteiger charge is -2.37. The molecule has 1 amide bonds. The number of nitrogens with one attached hydrogen (secondary N) is 1. The van der Waals surface area contributed by atoms with Gasteiger partial charge in [0, 0.05) is 69.7 Å². The molecular formula is C35H47FN4O3S. The molecule has 2 aliphatic heterocycles. The number of likely N-dealkylation sites (tertiary alicyclic amines) is 1. The van der Waals surface area contributed by atoms with E-state index in [1.807, 2.05) is 4.90 Å². The van der Waals surface area contributed by atoms with E-state index in [4.69, 9.17) is 0 Å². The highest BCUT2D eigenvalue weighted by molar-refractivity contribution is 7.91. The van der Waals surface area contributed by atoms with Gasteiger partial charge in [-0.15, -0.1) is 0 Å². The molecule has 0 unspecified atom stereocenters. The van der Waals surface area contributed by atoms with Crippen molar-refractivity contribution in [1.29, 1.82) is 0 Å². The third-order valence-electron chi connectivity index (χ3n) is 8.62. The number of hydrogen-bond donors (Lipinski definition) is 1. The second-order valence-corrected chi connectivity index (χ2v) is 14.6. The number of carbonyl (C=O) groups is 1. The van der Waals surface area contributed by atoms with Crippen molar-refractivity contribution in [2.75, 3.05) is 56.0 Å². The Morgan fingerprint density at radius 1 is 0.818 bits per heavy atom. The van der Waals surface area contributed by atoms with Crippen LogP contribution in [0.1, 0.15) is 53.0 Å². The molecule has 5 rings (SSSR count). The van der Waals surface area contributed by atoms with Crippen molar-refractivity contribution in [3.05, 3.63) is 84.2 Å². The van der Waals surface area contributed by atoms with Gasteiger partial charge in [-0.25, -0.2) is 12.8 Å². The SMILES string of the molecule is C.CC(C)(C)c1ccc(N2CCN(CCC(=O)N3CCC(Nc4ccc(S(=O)(=O)c5ccc(F)cc5)cc4)CC3)CC2)cc1. The van der Waals surface area contributed by atoms with Crippen LogP contribution < -0.4 is 10.2 Å². The molecule has 2 aliphatic rings. The van der Waals surface area contributed by atoms with Crippen molar-refractivity contribution >= 4 is 27.1 Å². The van der Waals surface area contributed by atoms with Gasteiger partial charge in [-0.05, 0) is 84.5 Å². The zero-order valence-corrected chi connectivity index (χ0v) is 26.2. The van der Waals surface area contributed by atoms with Crippen LogP contribution in [0.2, 0.25) is 0 Å². The van der Waals surface area contributed by atoms with Gasteiger partial charge < -0.3 is 15.1 Å². The van der Waals surface area contributed by atoms with Gasteiger partial charge in [-0.3, -0.25) is 9.69 Å². The highest BCUT2D eigenvalue weighted by Crippen LogP contribution is 2.26. The number of piperazine rings is 1. The van der Waals surface area contributed by atoms with E-state index >= 15 is 0 Å². The van der Waals surface area contributed by atoms with E-state index in [0.29, 0.717) is 19.5 Å². The lowest BCUT2D eigenvalue weighted by atomic mass is 9.87. The van der Waals surface area contributed by atoms with Gasteiger partial charge >= 0.3 is 0 Å². The molecule has 0 spiro atoms. The minimum absolute atomic E-state index is 0. The standard InChI is InChI=1S/C34H43FN4O3S.CH4/c1-34(2,3)26-4-10-30(11-5-26)38-24-22-37(23-25-38)19-18-33(40)39-20-16-29(17-21-39)36-28-8-14-32(15-9-28)43(41,42)31-12-6-27(35)7-13-31;/h4-15,29,36H,16-25H2,1-3H3;1H4. The third kappa shape index (κ3) is 8.18. The van der Waals surface area contributed by atoms with Crippen molar-refractivity contribution in [3.8, 4) is 0 Å². The first kappa shape index (κ1) is 33.5. The molecule has 0 aliphatic carbocycles. The van der Waals surface area contributed by atoms with Crippen LogP contribution >= 0.6 is 0 Å². The van der Waals surface area contributed by atoms with Crippen LogP contribution in [0.25, 0.3) is 0 Å². The van der Waals surface area contributed by atoms with Crippen LogP contribution in [0.4, 0.5) is 15.8 Å². The Morgan fingerprint density at radius 2 is 1.36 bits per heavy atom. The Bertz CT molecular complexity index is 1470. The number of carbonyl (C=O) groups excluding carboxylic acids is 1. The predicted molar refractivity (Wildman–Crippen MR) is 177 cm³/mol. The van der Waals surface area contributed by atoms with E-state index in [1.54, 1.807) is 24.3 Å². The summed E-state index contributed by atoms with van der Waals surface area (Å²) in [7, 11) is -3.70. The molecule has 44 heavy (non-hydrogen) atoms. The first-order valence-corrected chi connectivity index (χ1v) is 16.7. The topological polar surface area (TPSA) is 73.0 Å². The molecule has 0 atom stereocenters. The molecule has 3 aromatic rings. The molecule has 2 saturated heterocycles. The summed E-state index contributed by atoms with van der Waals surface area (Å²) in [5.74, 6) is -0.257. The number of halogens is 1. The molecule has 0 radical (unpaired) electrons. The monoisotopic (exact) mass is 622 g/mol. The Kier molecular flexibility index (Phi) is 10.7. The summed E-state index contributed by atoms with van der Waals surface area (Å²) in [4.78, 5) is 20.0. The van der Waals surface area contributed by atoms with Gasteiger partial charge in [0.1, 0.15) is 5.82 Å². The van der Waals surface area contributed by atoms with Crippen molar-refractivity contribution < 1.29 is 17.6 Å². The minimum Gasteiger partial charge on any atom is -0.382 e. The minimum atomic E-state index is -3.70. The number of benzene rings is 3. The first-order valence-electron chi connectivity index (χ1n) is 15.2. The maximum absolute atomic E-state index is 13.2. The molecule has 0 saturated carbocycles. The zero-order valence-electron chi connectivity index (χ0n) is 25.4. The molecule has 1 N–H and O–H groups in total. The zero-order chi connectivity index (χ0) is 30.6. The number of piperidine rings is 1.